The highest BCUT2D eigenvalue weighted by Crippen LogP contribution is 2.09. The summed E-state index contributed by atoms with van der Waals surface area (Å²) in [6.07, 6.45) is 5.46. The Hall–Kier alpha value is -1.20. The first-order chi connectivity index (χ1) is 6.38. The van der Waals surface area contributed by atoms with Gasteiger partial charge in [0.1, 0.15) is 5.01 Å². The minimum Gasteiger partial charge on any atom is -0.331 e. The highest BCUT2D eigenvalue weighted by Gasteiger charge is 2.00. The Morgan fingerprint density at radius 3 is 3.08 bits per heavy atom. The zero-order chi connectivity index (χ0) is 9.10. The van der Waals surface area contributed by atoms with E-state index in [-0.39, 0.29) is 0 Å². The smallest absolute Gasteiger partial charge is 0.107 e. The van der Waals surface area contributed by atoms with Gasteiger partial charge in [-0.05, 0) is 0 Å². The van der Waals surface area contributed by atoms with Crippen molar-refractivity contribution in [2.75, 3.05) is 0 Å². The minimum absolute atomic E-state index is 0.522. The Kier molecular flexibility index (Phi) is 2.37. The van der Waals surface area contributed by atoms with E-state index in [0.29, 0.717) is 6.54 Å². The first kappa shape index (κ1) is 8.40. The van der Waals surface area contributed by atoms with E-state index >= 15 is 0 Å². The van der Waals surface area contributed by atoms with E-state index in [0.717, 1.165) is 17.2 Å². The molecule has 0 saturated heterocycles. The molecule has 2 N–H and O–H groups in total. The van der Waals surface area contributed by atoms with Gasteiger partial charge >= 0.3 is 0 Å². The zero-order valence-corrected chi connectivity index (χ0v) is 7.87. The number of rotatable bonds is 3. The summed E-state index contributed by atoms with van der Waals surface area (Å²) in [4.78, 5) is 8.31. The van der Waals surface area contributed by atoms with Crippen molar-refractivity contribution in [1.29, 1.82) is 0 Å². The molecule has 0 aliphatic carbocycles. The van der Waals surface area contributed by atoms with Gasteiger partial charge in [0, 0.05) is 24.3 Å². The Morgan fingerprint density at radius 2 is 2.46 bits per heavy atom. The van der Waals surface area contributed by atoms with Gasteiger partial charge in [0.15, 0.2) is 0 Å². The van der Waals surface area contributed by atoms with E-state index in [4.69, 9.17) is 5.73 Å². The van der Waals surface area contributed by atoms with Crippen molar-refractivity contribution in [1.82, 2.24) is 14.5 Å². The minimum atomic E-state index is 0.522. The number of imidazole rings is 1. The first-order valence-electron chi connectivity index (χ1n) is 3.97. The van der Waals surface area contributed by atoms with Crippen LogP contribution in [-0.4, -0.2) is 14.5 Å². The average molecular weight is 194 g/mol. The molecule has 13 heavy (non-hydrogen) atoms. The van der Waals surface area contributed by atoms with Crippen LogP contribution in [0.5, 0.6) is 0 Å². The molecule has 0 aromatic carbocycles. The fourth-order valence-corrected chi connectivity index (χ4v) is 1.75. The molecule has 0 radical (unpaired) electrons. The van der Waals surface area contributed by atoms with Gasteiger partial charge in [-0.2, -0.15) is 0 Å². The predicted molar refractivity (Wildman–Crippen MR) is 51.3 cm³/mol. The van der Waals surface area contributed by atoms with Gasteiger partial charge < -0.3 is 10.3 Å². The third-order valence-electron chi connectivity index (χ3n) is 1.68. The quantitative estimate of drug-likeness (QED) is 0.788. The second kappa shape index (κ2) is 3.68. The Bertz CT molecular complexity index is 365. The summed E-state index contributed by atoms with van der Waals surface area (Å²) in [5, 5.41) is 3.01. The van der Waals surface area contributed by atoms with Crippen molar-refractivity contribution in [3.8, 4) is 0 Å². The lowest BCUT2D eigenvalue weighted by Crippen LogP contribution is -1.99. The van der Waals surface area contributed by atoms with Crippen LogP contribution in [0.4, 0.5) is 0 Å². The molecule has 2 rings (SSSR count). The van der Waals surface area contributed by atoms with Crippen molar-refractivity contribution in [3.63, 3.8) is 0 Å². The molecule has 68 valence electrons. The predicted octanol–water partition coefficient (Wildman–Crippen LogP) is 0.847. The van der Waals surface area contributed by atoms with Crippen molar-refractivity contribution >= 4 is 11.3 Å². The maximum Gasteiger partial charge on any atom is 0.107 e. The standard InChI is InChI=1S/C8H10N4S/c9-3-8-11-7(5-13-8)4-12-2-1-10-6-12/h1-2,5-6H,3-4,9H2. The third-order valence-corrected chi connectivity index (χ3v) is 2.60. The van der Waals surface area contributed by atoms with E-state index in [9.17, 15) is 0 Å². The van der Waals surface area contributed by atoms with Crippen LogP contribution >= 0.6 is 11.3 Å². The number of hydrogen-bond donors (Lipinski definition) is 1. The van der Waals surface area contributed by atoms with Crippen LogP contribution in [0, 0.1) is 0 Å². The van der Waals surface area contributed by atoms with Crippen LogP contribution < -0.4 is 5.73 Å². The molecule has 0 unspecified atom stereocenters. The number of aromatic nitrogens is 3. The summed E-state index contributed by atoms with van der Waals surface area (Å²) in [5.74, 6) is 0. The SMILES string of the molecule is NCc1nc(Cn2ccnc2)cs1. The van der Waals surface area contributed by atoms with Crippen molar-refractivity contribution in [2.45, 2.75) is 13.1 Å². The summed E-state index contributed by atoms with van der Waals surface area (Å²) in [5.41, 5.74) is 6.51. The molecule has 0 amide bonds. The number of nitrogens with two attached hydrogens (primary N) is 1. The topological polar surface area (TPSA) is 56.7 Å². The van der Waals surface area contributed by atoms with Crippen LogP contribution in [0.2, 0.25) is 0 Å². The number of nitrogens with zero attached hydrogens (tertiary/aromatic N) is 3. The Balaban J connectivity index is 2.10. The van der Waals surface area contributed by atoms with Crippen molar-refractivity contribution in [3.05, 3.63) is 34.8 Å². The lowest BCUT2D eigenvalue weighted by molar-refractivity contribution is 0.773. The number of hydrogen-bond acceptors (Lipinski definition) is 4. The average Bonchev–Trinajstić information content (AvgIpc) is 2.76. The van der Waals surface area contributed by atoms with Crippen LogP contribution in [0.15, 0.2) is 24.1 Å². The first-order valence-corrected chi connectivity index (χ1v) is 4.85. The number of thiazole rings is 1. The lowest BCUT2D eigenvalue weighted by Gasteiger charge is -1.96. The van der Waals surface area contributed by atoms with Gasteiger partial charge in [0.05, 0.1) is 18.6 Å². The van der Waals surface area contributed by atoms with Crippen LogP contribution in [0.1, 0.15) is 10.7 Å². The maximum atomic E-state index is 5.47. The highest BCUT2D eigenvalue weighted by molar-refractivity contribution is 7.09. The fraction of sp³-hybridized carbons (Fsp3) is 0.250. The van der Waals surface area contributed by atoms with Crippen molar-refractivity contribution in [2.24, 2.45) is 5.73 Å². The fourth-order valence-electron chi connectivity index (χ4n) is 1.08. The van der Waals surface area contributed by atoms with Gasteiger partial charge in [-0.3, -0.25) is 0 Å². The van der Waals surface area contributed by atoms with Crippen molar-refractivity contribution < 1.29 is 0 Å². The lowest BCUT2D eigenvalue weighted by atomic mass is 10.5. The van der Waals surface area contributed by atoms with Gasteiger partial charge in [-0.15, -0.1) is 11.3 Å². The molecule has 2 aromatic heterocycles. The molecular weight excluding hydrogens is 184 g/mol. The largest absolute Gasteiger partial charge is 0.331 e. The van der Waals surface area contributed by atoms with Crippen LogP contribution in [0.3, 0.4) is 0 Å². The summed E-state index contributed by atoms with van der Waals surface area (Å²) < 4.78 is 1.98. The second-order valence-electron chi connectivity index (χ2n) is 2.67. The molecule has 0 aliphatic rings. The van der Waals surface area contributed by atoms with Crippen LogP contribution in [-0.2, 0) is 13.1 Å². The monoisotopic (exact) mass is 194 g/mol. The van der Waals surface area contributed by atoms with Gasteiger partial charge in [-0.25, -0.2) is 9.97 Å². The van der Waals surface area contributed by atoms with E-state index in [2.05, 4.69) is 9.97 Å². The molecule has 0 bridgehead atoms. The van der Waals surface area contributed by atoms with Gasteiger partial charge in [0.25, 0.3) is 0 Å². The molecule has 2 heterocycles. The summed E-state index contributed by atoms with van der Waals surface area (Å²) in [6.45, 7) is 1.30. The zero-order valence-electron chi connectivity index (χ0n) is 7.05. The summed E-state index contributed by atoms with van der Waals surface area (Å²) >= 11 is 1.60. The second-order valence-corrected chi connectivity index (χ2v) is 3.61. The van der Waals surface area contributed by atoms with E-state index in [1.165, 1.54) is 0 Å². The molecule has 0 aliphatic heterocycles. The molecule has 0 spiro atoms. The molecule has 4 nitrogen and oxygen atoms in total. The van der Waals surface area contributed by atoms with E-state index in [1.54, 1.807) is 23.9 Å². The molecular formula is C8H10N4S. The maximum absolute atomic E-state index is 5.47. The summed E-state index contributed by atoms with van der Waals surface area (Å²) in [6, 6.07) is 0. The highest BCUT2D eigenvalue weighted by atomic mass is 32.1. The normalized spacial score (nSPS) is 10.5. The molecule has 5 heteroatoms. The summed E-state index contributed by atoms with van der Waals surface area (Å²) in [7, 11) is 0. The molecule has 0 atom stereocenters. The third kappa shape index (κ3) is 1.93. The van der Waals surface area contributed by atoms with E-state index < -0.39 is 0 Å². The Morgan fingerprint density at radius 1 is 1.54 bits per heavy atom. The molecule has 0 saturated carbocycles. The van der Waals surface area contributed by atoms with Crippen LogP contribution in [0.25, 0.3) is 0 Å². The van der Waals surface area contributed by atoms with Gasteiger partial charge in [-0.1, -0.05) is 0 Å². The Labute approximate surface area is 80.1 Å². The van der Waals surface area contributed by atoms with E-state index in [1.807, 2.05) is 16.1 Å². The van der Waals surface area contributed by atoms with Gasteiger partial charge in [0.2, 0.25) is 0 Å². The molecule has 0 fully saturated rings. The molecule has 2 aromatic rings.